The smallest absolute Gasteiger partial charge is 0.265 e. The Bertz CT molecular complexity index is 778. The van der Waals surface area contributed by atoms with Crippen molar-refractivity contribution in [2.75, 3.05) is 6.54 Å². The van der Waals surface area contributed by atoms with E-state index in [2.05, 4.69) is 23.8 Å². The van der Waals surface area contributed by atoms with Crippen LogP contribution in [0, 0.1) is 0 Å². The fourth-order valence-electron chi connectivity index (χ4n) is 2.50. The summed E-state index contributed by atoms with van der Waals surface area (Å²) in [4.78, 5) is 35.6. The van der Waals surface area contributed by atoms with Crippen LogP contribution in [0.15, 0.2) is 17.3 Å². The van der Waals surface area contributed by atoms with E-state index in [1.807, 2.05) is 0 Å². The zero-order valence-corrected chi connectivity index (χ0v) is 13.7. The first-order valence-corrected chi connectivity index (χ1v) is 8.07. The number of aryl methyl sites for hydroxylation is 1. The second-order valence-electron chi connectivity index (χ2n) is 5.78. The molecule has 2 aromatic heterocycles. The van der Waals surface area contributed by atoms with Crippen LogP contribution in [0.25, 0.3) is 0 Å². The summed E-state index contributed by atoms with van der Waals surface area (Å²) in [5, 5.41) is 0.966. The van der Waals surface area contributed by atoms with E-state index in [0.717, 1.165) is 10.6 Å². The van der Waals surface area contributed by atoms with Gasteiger partial charge >= 0.3 is 0 Å². The predicted octanol–water partition coefficient (Wildman–Crippen LogP) is 1.56. The number of carbonyl (C=O) groups excluding carboxylic acids is 1. The van der Waals surface area contributed by atoms with Gasteiger partial charge in [0.1, 0.15) is 4.88 Å². The third kappa shape index (κ3) is 2.56. The van der Waals surface area contributed by atoms with E-state index in [0.29, 0.717) is 36.0 Å². The summed E-state index contributed by atoms with van der Waals surface area (Å²) < 4.78 is 1.48. The van der Waals surface area contributed by atoms with Crippen LogP contribution in [0.3, 0.4) is 0 Å². The molecular formula is C15H18N4O2S. The Kier molecular flexibility index (Phi) is 3.82. The largest absolute Gasteiger partial charge is 0.332 e. The minimum absolute atomic E-state index is 0.0167. The lowest BCUT2D eigenvalue weighted by Crippen LogP contribution is -2.39. The van der Waals surface area contributed by atoms with Gasteiger partial charge in [0.25, 0.3) is 11.5 Å². The molecule has 0 N–H and O–H groups in total. The van der Waals surface area contributed by atoms with Gasteiger partial charge in [-0.05, 0) is 6.42 Å². The number of hydrogen-bond donors (Lipinski definition) is 0. The number of nitrogens with zero attached hydrogens (tertiary/aromatic N) is 4. The van der Waals surface area contributed by atoms with Gasteiger partial charge in [0.05, 0.1) is 29.8 Å². The number of hydrogen-bond acceptors (Lipinski definition) is 5. The van der Waals surface area contributed by atoms with Crippen molar-refractivity contribution in [3.8, 4) is 0 Å². The summed E-state index contributed by atoms with van der Waals surface area (Å²) >= 11 is 1.44. The molecule has 7 heteroatoms. The van der Waals surface area contributed by atoms with Crippen molar-refractivity contribution < 1.29 is 4.79 Å². The highest BCUT2D eigenvalue weighted by Gasteiger charge is 2.26. The predicted molar refractivity (Wildman–Crippen MR) is 84.1 cm³/mol. The standard InChI is InChI=1S/C15H18N4O2S/c1-9(2)13-16-6-12(22-13)15(21)19-5-4-10-11(7-19)17-8-18(3)14(10)20/h6,8-9H,4-5,7H2,1-3H3. The minimum Gasteiger partial charge on any atom is -0.332 e. The van der Waals surface area contributed by atoms with Crippen LogP contribution in [0.2, 0.25) is 0 Å². The molecule has 6 nitrogen and oxygen atoms in total. The molecule has 0 spiro atoms. The normalized spacial score (nSPS) is 14.3. The lowest BCUT2D eigenvalue weighted by molar-refractivity contribution is 0.0735. The number of thiazole rings is 1. The van der Waals surface area contributed by atoms with Crippen molar-refractivity contribution in [1.29, 1.82) is 0 Å². The van der Waals surface area contributed by atoms with Crippen molar-refractivity contribution in [3.05, 3.63) is 44.0 Å². The average molecular weight is 318 g/mol. The molecule has 0 unspecified atom stereocenters. The lowest BCUT2D eigenvalue weighted by atomic mass is 10.1. The van der Waals surface area contributed by atoms with Gasteiger partial charge in [-0.3, -0.25) is 9.59 Å². The van der Waals surface area contributed by atoms with Gasteiger partial charge in [-0.1, -0.05) is 13.8 Å². The molecular weight excluding hydrogens is 300 g/mol. The maximum Gasteiger partial charge on any atom is 0.265 e. The van der Waals surface area contributed by atoms with Gasteiger partial charge in [-0.25, -0.2) is 9.97 Å². The molecule has 116 valence electrons. The molecule has 0 saturated carbocycles. The number of aromatic nitrogens is 3. The molecule has 2 aromatic rings. The molecule has 0 aromatic carbocycles. The maximum absolute atomic E-state index is 12.6. The molecule has 3 rings (SSSR count). The van der Waals surface area contributed by atoms with Crippen LogP contribution in [0.5, 0.6) is 0 Å². The topological polar surface area (TPSA) is 68.1 Å². The van der Waals surface area contributed by atoms with E-state index in [1.54, 1.807) is 18.1 Å². The van der Waals surface area contributed by atoms with E-state index in [1.165, 1.54) is 22.2 Å². The highest BCUT2D eigenvalue weighted by atomic mass is 32.1. The Morgan fingerprint density at radius 1 is 1.36 bits per heavy atom. The first-order valence-electron chi connectivity index (χ1n) is 7.25. The number of rotatable bonds is 2. The van der Waals surface area contributed by atoms with Crippen molar-refractivity contribution in [2.24, 2.45) is 7.05 Å². The van der Waals surface area contributed by atoms with Crippen LogP contribution >= 0.6 is 11.3 Å². The van der Waals surface area contributed by atoms with Crippen molar-refractivity contribution >= 4 is 17.2 Å². The SMILES string of the molecule is CC(C)c1ncc(C(=O)N2CCc3c(ncn(C)c3=O)C2)s1. The Labute approximate surface area is 132 Å². The molecule has 22 heavy (non-hydrogen) atoms. The molecule has 0 radical (unpaired) electrons. The fourth-order valence-corrected chi connectivity index (χ4v) is 3.39. The first-order chi connectivity index (χ1) is 10.5. The van der Waals surface area contributed by atoms with Gasteiger partial charge in [-0.2, -0.15) is 0 Å². The monoisotopic (exact) mass is 318 g/mol. The third-order valence-corrected chi connectivity index (χ3v) is 5.09. The zero-order chi connectivity index (χ0) is 15.9. The molecule has 0 aliphatic carbocycles. The van der Waals surface area contributed by atoms with Crippen LogP contribution in [-0.4, -0.2) is 31.9 Å². The Hall–Kier alpha value is -2.02. The van der Waals surface area contributed by atoms with E-state index < -0.39 is 0 Å². The second kappa shape index (κ2) is 5.64. The van der Waals surface area contributed by atoms with E-state index in [-0.39, 0.29) is 11.5 Å². The summed E-state index contributed by atoms with van der Waals surface area (Å²) in [5.74, 6) is 0.288. The molecule has 3 heterocycles. The van der Waals surface area contributed by atoms with Gasteiger partial charge in [0.2, 0.25) is 0 Å². The Balaban J connectivity index is 1.83. The molecule has 1 aliphatic rings. The van der Waals surface area contributed by atoms with E-state index in [9.17, 15) is 9.59 Å². The lowest BCUT2D eigenvalue weighted by Gasteiger charge is -2.27. The summed E-state index contributed by atoms with van der Waals surface area (Å²) in [7, 11) is 1.69. The average Bonchev–Trinajstić information content (AvgIpc) is 3.00. The Morgan fingerprint density at radius 3 is 2.82 bits per heavy atom. The van der Waals surface area contributed by atoms with Crippen molar-refractivity contribution in [2.45, 2.75) is 32.7 Å². The molecule has 1 amide bonds. The van der Waals surface area contributed by atoms with Gasteiger partial charge in [0, 0.05) is 25.1 Å². The quantitative estimate of drug-likeness (QED) is 0.843. The van der Waals surface area contributed by atoms with Crippen LogP contribution in [0.4, 0.5) is 0 Å². The second-order valence-corrected chi connectivity index (χ2v) is 6.84. The maximum atomic E-state index is 12.6. The molecule has 0 fully saturated rings. The van der Waals surface area contributed by atoms with Crippen molar-refractivity contribution in [3.63, 3.8) is 0 Å². The van der Waals surface area contributed by atoms with Gasteiger partial charge < -0.3 is 9.47 Å². The summed E-state index contributed by atoms with van der Waals surface area (Å²) in [6, 6.07) is 0. The van der Waals surface area contributed by atoms with Gasteiger partial charge in [-0.15, -0.1) is 11.3 Å². The fraction of sp³-hybridized carbons (Fsp3) is 0.467. The number of amides is 1. The Morgan fingerprint density at radius 2 is 2.14 bits per heavy atom. The van der Waals surface area contributed by atoms with Crippen LogP contribution in [-0.2, 0) is 20.0 Å². The number of fused-ring (bicyclic) bond motifs is 1. The summed E-state index contributed by atoms with van der Waals surface area (Å²) in [6.07, 6.45) is 3.71. The molecule has 0 bridgehead atoms. The first kappa shape index (κ1) is 14.9. The highest BCUT2D eigenvalue weighted by Crippen LogP contribution is 2.24. The third-order valence-electron chi connectivity index (χ3n) is 3.80. The summed E-state index contributed by atoms with van der Waals surface area (Å²) in [5.41, 5.74) is 1.41. The van der Waals surface area contributed by atoms with E-state index in [4.69, 9.17) is 0 Å². The van der Waals surface area contributed by atoms with Gasteiger partial charge in [0.15, 0.2) is 0 Å². The molecule has 1 aliphatic heterocycles. The minimum atomic E-state index is -0.0301. The molecule has 0 atom stereocenters. The zero-order valence-electron chi connectivity index (χ0n) is 12.9. The van der Waals surface area contributed by atoms with Crippen LogP contribution < -0.4 is 5.56 Å². The van der Waals surface area contributed by atoms with Crippen molar-refractivity contribution in [1.82, 2.24) is 19.4 Å². The summed E-state index contributed by atoms with van der Waals surface area (Å²) in [6.45, 7) is 5.05. The number of carbonyl (C=O) groups is 1. The highest BCUT2D eigenvalue weighted by molar-refractivity contribution is 7.13. The molecule has 0 saturated heterocycles. The van der Waals surface area contributed by atoms with Crippen LogP contribution in [0.1, 0.15) is 45.7 Å². The van der Waals surface area contributed by atoms with E-state index >= 15 is 0 Å².